The topological polar surface area (TPSA) is 20.2 Å². The summed E-state index contributed by atoms with van der Waals surface area (Å²) in [5.41, 5.74) is 1.79. The lowest BCUT2D eigenvalue weighted by molar-refractivity contribution is 0.469. The van der Waals surface area contributed by atoms with Gasteiger partial charge in [0.25, 0.3) is 0 Å². The minimum Gasteiger partial charge on any atom is -0.506 e. The lowest BCUT2D eigenvalue weighted by Gasteiger charge is -2.06. The van der Waals surface area contributed by atoms with E-state index in [1.807, 2.05) is 13.0 Å². The van der Waals surface area contributed by atoms with Crippen LogP contribution in [0, 0.1) is 0 Å². The zero-order chi connectivity index (χ0) is 10.0. The zero-order valence-electron chi connectivity index (χ0n) is 7.27. The first kappa shape index (κ1) is 10.6. The van der Waals surface area contributed by atoms with Crippen molar-refractivity contribution in [1.82, 2.24) is 0 Å². The molecule has 0 aliphatic carbocycles. The highest BCUT2D eigenvalue weighted by Gasteiger charge is 2.07. The molecule has 3 heteroatoms. The van der Waals surface area contributed by atoms with Crippen LogP contribution in [0.2, 0.25) is 5.02 Å². The van der Waals surface area contributed by atoms with Gasteiger partial charge in [-0.3, -0.25) is 0 Å². The molecule has 0 radical (unpaired) electrons. The Balaban J connectivity index is 3.12. The Kier molecular flexibility index (Phi) is 3.40. The molecule has 1 nitrogen and oxygen atoms in total. The van der Waals surface area contributed by atoms with Crippen molar-refractivity contribution in [2.24, 2.45) is 0 Å². The summed E-state index contributed by atoms with van der Waals surface area (Å²) in [4.78, 5) is 0. The van der Waals surface area contributed by atoms with Crippen molar-refractivity contribution >= 4 is 27.5 Å². The van der Waals surface area contributed by atoms with Gasteiger partial charge >= 0.3 is 0 Å². The lowest BCUT2D eigenvalue weighted by atomic mass is 10.1. The van der Waals surface area contributed by atoms with E-state index in [9.17, 15) is 5.11 Å². The Bertz CT molecular complexity index is 347. The van der Waals surface area contributed by atoms with Crippen LogP contribution in [-0.4, -0.2) is 5.11 Å². The number of hydrogen-bond acceptors (Lipinski definition) is 1. The van der Waals surface area contributed by atoms with E-state index < -0.39 is 0 Å². The standard InChI is InChI=1S/C10H10BrClO/c1-6(2)3-7-4-8(11)5-9(12)10(7)13/h4-5,13H,1,3H2,2H3. The van der Waals surface area contributed by atoms with E-state index in [1.165, 1.54) is 0 Å². The normalized spacial score (nSPS) is 10.1. The third kappa shape index (κ3) is 2.75. The summed E-state index contributed by atoms with van der Waals surface area (Å²) in [7, 11) is 0. The Labute approximate surface area is 91.2 Å². The van der Waals surface area contributed by atoms with Gasteiger partial charge in [-0.1, -0.05) is 39.7 Å². The van der Waals surface area contributed by atoms with Gasteiger partial charge in [0, 0.05) is 10.0 Å². The smallest absolute Gasteiger partial charge is 0.137 e. The minimum absolute atomic E-state index is 0.146. The van der Waals surface area contributed by atoms with Gasteiger partial charge in [-0.15, -0.1) is 0 Å². The van der Waals surface area contributed by atoms with Gasteiger partial charge in [-0.05, 0) is 25.5 Å². The maximum absolute atomic E-state index is 9.58. The predicted molar refractivity (Wildman–Crippen MR) is 59.3 cm³/mol. The molecule has 13 heavy (non-hydrogen) atoms. The van der Waals surface area contributed by atoms with Crippen LogP contribution < -0.4 is 0 Å². The van der Waals surface area contributed by atoms with Crippen LogP contribution in [0.5, 0.6) is 5.75 Å². The summed E-state index contributed by atoms with van der Waals surface area (Å²) in [6.07, 6.45) is 0.644. The van der Waals surface area contributed by atoms with E-state index in [0.29, 0.717) is 11.4 Å². The number of benzene rings is 1. The summed E-state index contributed by atoms with van der Waals surface area (Å²) in [6.45, 7) is 5.69. The first-order chi connectivity index (χ1) is 6.00. The third-order valence-corrected chi connectivity index (χ3v) is 2.35. The van der Waals surface area contributed by atoms with Gasteiger partial charge in [-0.2, -0.15) is 0 Å². The number of halogens is 2. The number of allylic oxidation sites excluding steroid dienone is 1. The summed E-state index contributed by atoms with van der Waals surface area (Å²) in [5, 5.41) is 9.94. The number of phenols is 1. The Morgan fingerprint density at radius 3 is 2.77 bits per heavy atom. The Morgan fingerprint density at radius 1 is 1.62 bits per heavy atom. The van der Waals surface area contributed by atoms with Crippen molar-refractivity contribution in [1.29, 1.82) is 0 Å². The Hall–Kier alpha value is -0.470. The van der Waals surface area contributed by atoms with E-state index in [1.54, 1.807) is 6.07 Å². The second kappa shape index (κ2) is 4.16. The van der Waals surface area contributed by atoms with Crippen molar-refractivity contribution in [2.45, 2.75) is 13.3 Å². The molecule has 0 heterocycles. The molecule has 1 aromatic carbocycles. The minimum atomic E-state index is 0.146. The third-order valence-electron chi connectivity index (χ3n) is 1.60. The van der Waals surface area contributed by atoms with Crippen molar-refractivity contribution in [3.8, 4) is 5.75 Å². The van der Waals surface area contributed by atoms with E-state index >= 15 is 0 Å². The quantitative estimate of drug-likeness (QED) is 0.800. The van der Waals surface area contributed by atoms with Gasteiger partial charge in [0.15, 0.2) is 0 Å². The fourth-order valence-corrected chi connectivity index (χ4v) is 1.96. The van der Waals surface area contributed by atoms with E-state index in [2.05, 4.69) is 22.5 Å². The van der Waals surface area contributed by atoms with E-state index in [-0.39, 0.29) is 5.75 Å². The van der Waals surface area contributed by atoms with Crippen molar-refractivity contribution in [3.63, 3.8) is 0 Å². The molecule has 0 saturated heterocycles. The average molecular weight is 262 g/mol. The predicted octanol–water partition coefficient (Wildman–Crippen LogP) is 3.93. The molecule has 1 aromatic rings. The molecule has 0 aliphatic heterocycles. The maximum atomic E-state index is 9.58. The fraction of sp³-hybridized carbons (Fsp3) is 0.200. The second-order valence-corrected chi connectivity index (χ2v) is 4.35. The molecular weight excluding hydrogens is 251 g/mol. The first-order valence-corrected chi connectivity index (χ1v) is 4.99. The summed E-state index contributed by atoms with van der Waals surface area (Å²) in [6, 6.07) is 3.51. The van der Waals surface area contributed by atoms with Crippen LogP contribution in [0.3, 0.4) is 0 Å². The highest BCUT2D eigenvalue weighted by atomic mass is 79.9. The van der Waals surface area contributed by atoms with Crippen LogP contribution in [0.15, 0.2) is 28.8 Å². The average Bonchev–Trinajstić information content (AvgIpc) is 1.98. The second-order valence-electron chi connectivity index (χ2n) is 3.03. The van der Waals surface area contributed by atoms with Gasteiger partial charge in [0.1, 0.15) is 5.75 Å². The van der Waals surface area contributed by atoms with Crippen LogP contribution in [0.4, 0.5) is 0 Å². The molecule has 0 unspecified atom stereocenters. The van der Waals surface area contributed by atoms with Gasteiger partial charge in [0.2, 0.25) is 0 Å². The van der Waals surface area contributed by atoms with E-state index in [0.717, 1.165) is 15.6 Å². The highest BCUT2D eigenvalue weighted by molar-refractivity contribution is 9.10. The zero-order valence-corrected chi connectivity index (χ0v) is 9.61. The largest absolute Gasteiger partial charge is 0.506 e. The summed E-state index contributed by atoms with van der Waals surface area (Å²) >= 11 is 9.10. The molecule has 1 rings (SSSR count). The van der Waals surface area contributed by atoms with Crippen LogP contribution in [-0.2, 0) is 6.42 Å². The van der Waals surface area contributed by atoms with Gasteiger partial charge in [0.05, 0.1) is 5.02 Å². The molecular formula is C10H10BrClO. The molecule has 0 amide bonds. The fourth-order valence-electron chi connectivity index (χ4n) is 1.08. The monoisotopic (exact) mass is 260 g/mol. The maximum Gasteiger partial charge on any atom is 0.137 e. The molecule has 0 bridgehead atoms. The number of phenolic OH excluding ortho intramolecular Hbond substituents is 1. The molecule has 1 N–H and O–H groups in total. The van der Waals surface area contributed by atoms with Crippen LogP contribution in [0.1, 0.15) is 12.5 Å². The molecule has 0 spiro atoms. The molecule has 0 aromatic heterocycles. The molecule has 0 aliphatic rings. The molecule has 0 saturated carbocycles. The van der Waals surface area contributed by atoms with Crippen LogP contribution >= 0.6 is 27.5 Å². The number of aromatic hydroxyl groups is 1. The van der Waals surface area contributed by atoms with Gasteiger partial charge in [-0.25, -0.2) is 0 Å². The SMILES string of the molecule is C=C(C)Cc1cc(Br)cc(Cl)c1O. The van der Waals surface area contributed by atoms with Crippen LogP contribution in [0.25, 0.3) is 0 Å². The Morgan fingerprint density at radius 2 is 2.23 bits per heavy atom. The van der Waals surface area contributed by atoms with E-state index in [4.69, 9.17) is 11.6 Å². The van der Waals surface area contributed by atoms with Gasteiger partial charge < -0.3 is 5.11 Å². The lowest BCUT2D eigenvalue weighted by Crippen LogP contribution is -1.87. The van der Waals surface area contributed by atoms with Crippen molar-refractivity contribution in [2.75, 3.05) is 0 Å². The number of hydrogen-bond donors (Lipinski definition) is 1. The summed E-state index contributed by atoms with van der Waals surface area (Å²) in [5.74, 6) is 0.146. The first-order valence-electron chi connectivity index (χ1n) is 3.82. The number of rotatable bonds is 2. The van der Waals surface area contributed by atoms with Crippen molar-refractivity contribution in [3.05, 3.63) is 39.3 Å². The molecule has 70 valence electrons. The molecule has 0 fully saturated rings. The van der Waals surface area contributed by atoms with Crippen molar-refractivity contribution < 1.29 is 5.11 Å². The summed E-state index contributed by atoms with van der Waals surface area (Å²) < 4.78 is 0.867. The highest BCUT2D eigenvalue weighted by Crippen LogP contribution is 2.32. The molecule has 0 atom stereocenters.